The van der Waals surface area contributed by atoms with Crippen molar-refractivity contribution in [2.45, 2.75) is 44.3 Å². The van der Waals surface area contributed by atoms with Crippen molar-refractivity contribution in [3.05, 3.63) is 83.4 Å². The van der Waals surface area contributed by atoms with E-state index in [1.54, 1.807) is 48.5 Å². The third kappa shape index (κ3) is 4.54. The summed E-state index contributed by atoms with van der Waals surface area (Å²) in [7, 11) is 0. The molecule has 0 saturated carbocycles. The summed E-state index contributed by atoms with van der Waals surface area (Å²) in [4.78, 5) is 57.9. The van der Waals surface area contributed by atoms with Crippen molar-refractivity contribution < 1.29 is 34.2 Å². The number of nitrogens with one attached hydrogen (secondary N) is 1. The Balaban J connectivity index is 1.31. The van der Waals surface area contributed by atoms with E-state index in [1.807, 2.05) is 6.92 Å². The monoisotopic (exact) mass is 558 g/mol. The van der Waals surface area contributed by atoms with Crippen LogP contribution in [0.25, 0.3) is 11.2 Å². The van der Waals surface area contributed by atoms with Gasteiger partial charge < -0.3 is 20.3 Å². The number of carbonyl (C=O) groups excluding carboxylic acids is 3. The summed E-state index contributed by atoms with van der Waals surface area (Å²) in [5.74, 6) is -1.57. The summed E-state index contributed by atoms with van der Waals surface area (Å²) in [6.45, 7) is 1.42. The number of hydroxylamine groups is 2. The van der Waals surface area contributed by atoms with Crippen LogP contribution in [-0.4, -0.2) is 77.4 Å². The summed E-state index contributed by atoms with van der Waals surface area (Å²) in [5.41, 5.74) is 2.08. The molecule has 6 rings (SSSR count). The Hall–Kier alpha value is -4.56. The van der Waals surface area contributed by atoms with Gasteiger partial charge in [-0.15, -0.1) is 5.06 Å². The van der Waals surface area contributed by atoms with Crippen molar-refractivity contribution in [1.82, 2.24) is 24.6 Å². The smallest absolute Gasteiger partial charge is 0.286 e. The van der Waals surface area contributed by atoms with Gasteiger partial charge in [0.05, 0.1) is 24.1 Å². The molecule has 13 nitrogen and oxygen atoms in total. The zero-order chi connectivity index (χ0) is 28.7. The lowest BCUT2D eigenvalue weighted by Gasteiger charge is -2.25. The molecule has 2 aliphatic heterocycles. The summed E-state index contributed by atoms with van der Waals surface area (Å²) in [5, 5.41) is 24.2. The number of aromatic nitrogens is 4. The van der Waals surface area contributed by atoms with Gasteiger partial charge in [-0.05, 0) is 30.2 Å². The van der Waals surface area contributed by atoms with Gasteiger partial charge in [-0.2, -0.15) is 0 Å². The van der Waals surface area contributed by atoms with Crippen LogP contribution in [0.5, 0.6) is 0 Å². The van der Waals surface area contributed by atoms with Gasteiger partial charge in [0, 0.05) is 5.56 Å². The van der Waals surface area contributed by atoms with Gasteiger partial charge in [-0.1, -0.05) is 43.7 Å². The number of aliphatic hydroxyl groups is 2. The lowest BCUT2D eigenvalue weighted by Crippen LogP contribution is -2.43. The number of aryl methyl sites for hydroxylation is 1. The number of ether oxygens (including phenoxy) is 1. The summed E-state index contributed by atoms with van der Waals surface area (Å²) in [6.07, 6.45) is -1.01. The average molecular weight is 559 g/mol. The van der Waals surface area contributed by atoms with Crippen LogP contribution in [0.3, 0.4) is 0 Å². The number of carbonyl (C=O) groups is 3. The van der Waals surface area contributed by atoms with Crippen molar-refractivity contribution >= 4 is 34.7 Å². The molecule has 2 aromatic carbocycles. The maximum atomic E-state index is 13.3. The highest BCUT2D eigenvalue weighted by atomic mass is 16.7. The molecule has 41 heavy (non-hydrogen) atoms. The predicted molar refractivity (Wildman–Crippen MR) is 143 cm³/mol. The number of fused-ring (bicyclic) bond motifs is 2. The quantitative estimate of drug-likeness (QED) is 0.272. The van der Waals surface area contributed by atoms with Gasteiger partial charge in [0.15, 0.2) is 29.3 Å². The van der Waals surface area contributed by atoms with Crippen LogP contribution < -0.4 is 5.32 Å². The number of imide groups is 1. The number of hydrogen-bond acceptors (Lipinski definition) is 10. The highest BCUT2D eigenvalue weighted by Crippen LogP contribution is 2.37. The summed E-state index contributed by atoms with van der Waals surface area (Å²) in [6, 6.07) is 13.6. The number of anilines is 1. The van der Waals surface area contributed by atoms with Crippen LogP contribution >= 0.6 is 0 Å². The first-order chi connectivity index (χ1) is 19.9. The maximum Gasteiger partial charge on any atom is 0.286 e. The van der Waals surface area contributed by atoms with E-state index in [9.17, 15) is 24.6 Å². The molecule has 0 spiro atoms. The van der Waals surface area contributed by atoms with Gasteiger partial charge in [0.25, 0.3) is 17.7 Å². The highest BCUT2D eigenvalue weighted by Gasteiger charge is 2.50. The molecule has 3 N–H and O–H groups in total. The number of hydrogen-bond donors (Lipinski definition) is 3. The molecule has 4 aromatic rings. The fraction of sp³-hybridized carbons (Fsp3) is 0.286. The SMILES string of the molecule is CCCc1cccc2c1C(=O)N(O[C@@H]1[C@H](O)[C@@H](CO)O[C@H]1n1cnc3c(NC(=O)c4ccccc4)ncnc31)C2=O. The molecular weight excluding hydrogens is 532 g/mol. The predicted octanol–water partition coefficient (Wildman–Crippen LogP) is 1.88. The molecule has 2 aromatic heterocycles. The minimum absolute atomic E-state index is 0.140. The molecule has 0 radical (unpaired) electrons. The minimum Gasteiger partial charge on any atom is -0.394 e. The topological polar surface area (TPSA) is 169 Å². The Kier molecular flexibility index (Phi) is 7.01. The van der Waals surface area contributed by atoms with Gasteiger partial charge in [-0.3, -0.25) is 23.8 Å². The van der Waals surface area contributed by atoms with Crippen molar-refractivity contribution in [1.29, 1.82) is 0 Å². The Labute approximate surface area is 233 Å². The van der Waals surface area contributed by atoms with E-state index in [0.717, 1.165) is 12.0 Å². The Morgan fingerprint density at radius 3 is 2.63 bits per heavy atom. The molecule has 4 atom stereocenters. The lowest BCUT2D eigenvalue weighted by atomic mass is 9.99. The molecule has 210 valence electrons. The van der Waals surface area contributed by atoms with Crippen LogP contribution in [0.1, 0.15) is 56.2 Å². The number of nitrogens with zero attached hydrogens (tertiary/aromatic N) is 5. The van der Waals surface area contributed by atoms with Gasteiger partial charge in [0.1, 0.15) is 18.5 Å². The highest BCUT2D eigenvalue weighted by molar-refractivity contribution is 6.21. The van der Waals surface area contributed by atoms with Gasteiger partial charge in [0.2, 0.25) is 0 Å². The Morgan fingerprint density at radius 1 is 1.07 bits per heavy atom. The van der Waals surface area contributed by atoms with Gasteiger partial charge >= 0.3 is 0 Å². The zero-order valence-electron chi connectivity index (χ0n) is 21.9. The van der Waals surface area contributed by atoms with Crippen molar-refractivity contribution in [3.8, 4) is 0 Å². The minimum atomic E-state index is -1.42. The second-order valence-corrected chi connectivity index (χ2v) is 9.67. The molecule has 2 aliphatic rings. The van der Waals surface area contributed by atoms with E-state index in [4.69, 9.17) is 9.57 Å². The van der Waals surface area contributed by atoms with E-state index in [1.165, 1.54) is 17.2 Å². The van der Waals surface area contributed by atoms with Crippen LogP contribution in [0.4, 0.5) is 5.82 Å². The number of imidazole rings is 1. The number of benzene rings is 2. The van der Waals surface area contributed by atoms with E-state index in [2.05, 4.69) is 20.3 Å². The largest absolute Gasteiger partial charge is 0.394 e. The van der Waals surface area contributed by atoms with Crippen molar-refractivity contribution in [3.63, 3.8) is 0 Å². The number of aliphatic hydroxyl groups excluding tert-OH is 2. The molecule has 3 amide bonds. The average Bonchev–Trinajstić information content (AvgIpc) is 3.63. The standard InChI is InChI=1S/C28H26N6O7/c1-2-7-15-10-6-11-17-19(15)27(39)34(26(17)38)41-22-21(36)18(12-35)40-28(22)33-14-31-20-23(29-13-30-24(20)33)32-25(37)16-8-4-3-5-9-16/h3-6,8-11,13-14,18,21-22,28,35-36H,2,7,12H2,1H3,(H,29,30,32,37)/t18-,21-,22-,28-/m1/s1. The second kappa shape index (κ2) is 10.8. The molecule has 1 saturated heterocycles. The molecule has 13 heteroatoms. The van der Waals surface area contributed by atoms with Crippen LogP contribution in [-0.2, 0) is 16.0 Å². The zero-order valence-corrected chi connectivity index (χ0v) is 21.9. The van der Waals surface area contributed by atoms with E-state index < -0.39 is 48.9 Å². The third-order valence-electron chi connectivity index (χ3n) is 7.10. The molecule has 0 bridgehead atoms. The first kappa shape index (κ1) is 26.7. The van der Waals surface area contributed by atoms with Crippen molar-refractivity contribution in [2.24, 2.45) is 0 Å². The van der Waals surface area contributed by atoms with Crippen LogP contribution in [0.2, 0.25) is 0 Å². The fourth-order valence-electron chi connectivity index (χ4n) is 5.13. The number of amides is 3. The maximum absolute atomic E-state index is 13.3. The Bertz CT molecular complexity index is 1640. The summed E-state index contributed by atoms with van der Waals surface area (Å²) >= 11 is 0. The second-order valence-electron chi connectivity index (χ2n) is 9.67. The molecule has 4 heterocycles. The van der Waals surface area contributed by atoms with E-state index in [0.29, 0.717) is 17.0 Å². The van der Waals surface area contributed by atoms with Crippen LogP contribution in [0, 0.1) is 0 Å². The van der Waals surface area contributed by atoms with Gasteiger partial charge in [-0.25, -0.2) is 15.0 Å². The Morgan fingerprint density at radius 2 is 1.88 bits per heavy atom. The molecule has 1 fully saturated rings. The number of rotatable bonds is 8. The fourth-order valence-corrected chi connectivity index (χ4v) is 5.13. The van der Waals surface area contributed by atoms with E-state index in [-0.39, 0.29) is 28.1 Å². The normalized spacial score (nSPS) is 22.0. The van der Waals surface area contributed by atoms with Crippen molar-refractivity contribution in [2.75, 3.05) is 11.9 Å². The van der Waals surface area contributed by atoms with Crippen LogP contribution in [0.15, 0.2) is 61.2 Å². The first-order valence-electron chi connectivity index (χ1n) is 13.1. The third-order valence-corrected chi connectivity index (χ3v) is 7.10. The van der Waals surface area contributed by atoms with E-state index >= 15 is 0 Å². The molecule has 0 aliphatic carbocycles. The summed E-state index contributed by atoms with van der Waals surface area (Å²) < 4.78 is 7.33. The molecular formula is C28H26N6O7. The molecule has 0 unspecified atom stereocenters. The lowest BCUT2D eigenvalue weighted by molar-refractivity contribution is -0.177. The first-order valence-corrected chi connectivity index (χ1v) is 13.1.